The van der Waals surface area contributed by atoms with Gasteiger partial charge in [-0.1, -0.05) is 22.0 Å². The van der Waals surface area contributed by atoms with Crippen molar-refractivity contribution < 1.29 is 9.90 Å². The minimum Gasteiger partial charge on any atom is -0.506 e. The molecule has 1 rings (SSSR count). The van der Waals surface area contributed by atoms with Crippen molar-refractivity contribution >= 4 is 27.4 Å². The summed E-state index contributed by atoms with van der Waals surface area (Å²) in [5, 5.41) is 9.49. The second kappa shape index (κ2) is 3.79. The summed E-state index contributed by atoms with van der Waals surface area (Å²) in [5.74, 6) is -0.166. The first kappa shape index (κ1) is 10.1. The third-order valence-corrected chi connectivity index (χ3v) is 2.34. The molecule has 0 spiro atoms. The molecule has 0 saturated carbocycles. The standard InChI is InChI=1S/C9H10BrNO2/c1-5-2-3-6(12)9(11)8(5)7(13)4-10/h2-3,12H,4,11H2,1H3. The van der Waals surface area contributed by atoms with Gasteiger partial charge in [0.15, 0.2) is 5.78 Å². The predicted molar refractivity (Wildman–Crippen MR) is 55.4 cm³/mol. The zero-order valence-electron chi connectivity index (χ0n) is 7.17. The number of aryl methyl sites for hydroxylation is 1. The number of aromatic hydroxyl groups is 1. The van der Waals surface area contributed by atoms with Crippen LogP contribution in [0.15, 0.2) is 12.1 Å². The quantitative estimate of drug-likeness (QED) is 0.361. The molecule has 4 heteroatoms. The molecule has 0 aliphatic carbocycles. The lowest BCUT2D eigenvalue weighted by Gasteiger charge is -2.07. The summed E-state index contributed by atoms with van der Waals surface area (Å²) in [6.07, 6.45) is 0. The molecule has 3 nitrogen and oxygen atoms in total. The van der Waals surface area contributed by atoms with Crippen LogP contribution in [0.1, 0.15) is 15.9 Å². The average Bonchev–Trinajstić information content (AvgIpc) is 2.12. The van der Waals surface area contributed by atoms with Crippen LogP contribution in [-0.4, -0.2) is 16.2 Å². The monoisotopic (exact) mass is 243 g/mol. The molecule has 0 atom stereocenters. The van der Waals surface area contributed by atoms with E-state index in [2.05, 4.69) is 15.9 Å². The van der Waals surface area contributed by atoms with E-state index in [9.17, 15) is 9.90 Å². The van der Waals surface area contributed by atoms with Crippen molar-refractivity contribution in [3.63, 3.8) is 0 Å². The SMILES string of the molecule is Cc1ccc(O)c(N)c1C(=O)CBr. The smallest absolute Gasteiger partial charge is 0.175 e. The highest BCUT2D eigenvalue weighted by atomic mass is 79.9. The van der Waals surface area contributed by atoms with Gasteiger partial charge in [0.05, 0.1) is 11.0 Å². The van der Waals surface area contributed by atoms with Crippen molar-refractivity contribution in [2.75, 3.05) is 11.1 Å². The van der Waals surface area contributed by atoms with Crippen LogP contribution in [0.25, 0.3) is 0 Å². The molecule has 0 aromatic heterocycles. The Balaban J connectivity index is 3.33. The topological polar surface area (TPSA) is 63.3 Å². The number of benzene rings is 1. The summed E-state index contributed by atoms with van der Waals surface area (Å²) in [5.41, 5.74) is 6.90. The number of carbonyl (C=O) groups is 1. The van der Waals surface area contributed by atoms with E-state index in [-0.39, 0.29) is 22.6 Å². The molecule has 13 heavy (non-hydrogen) atoms. The number of phenolic OH excluding ortho intramolecular Hbond substituents is 1. The van der Waals surface area contributed by atoms with Crippen LogP contribution in [0.2, 0.25) is 0 Å². The van der Waals surface area contributed by atoms with Crippen molar-refractivity contribution in [2.24, 2.45) is 0 Å². The fraction of sp³-hybridized carbons (Fsp3) is 0.222. The van der Waals surface area contributed by atoms with Crippen molar-refractivity contribution in [3.8, 4) is 5.75 Å². The Hall–Kier alpha value is -1.03. The van der Waals surface area contributed by atoms with Gasteiger partial charge in [-0.15, -0.1) is 0 Å². The van der Waals surface area contributed by atoms with Crippen LogP contribution < -0.4 is 5.73 Å². The number of alkyl halides is 1. The van der Waals surface area contributed by atoms with Crippen LogP contribution in [0, 0.1) is 6.92 Å². The lowest BCUT2D eigenvalue weighted by atomic mass is 10.0. The number of hydrogen-bond donors (Lipinski definition) is 2. The molecule has 0 radical (unpaired) electrons. The fourth-order valence-electron chi connectivity index (χ4n) is 1.15. The summed E-state index contributed by atoms with van der Waals surface area (Å²) in [6, 6.07) is 3.15. The molecule has 3 N–H and O–H groups in total. The normalized spacial score (nSPS) is 10.0. The Morgan fingerprint density at radius 3 is 2.77 bits per heavy atom. The summed E-state index contributed by atoms with van der Waals surface area (Å²) in [4.78, 5) is 11.4. The van der Waals surface area contributed by atoms with E-state index in [0.29, 0.717) is 5.56 Å². The fourth-order valence-corrected chi connectivity index (χ4v) is 1.43. The van der Waals surface area contributed by atoms with Gasteiger partial charge in [-0.2, -0.15) is 0 Å². The zero-order chi connectivity index (χ0) is 10.0. The van der Waals surface area contributed by atoms with Gasteiger partial charge in [0.25, 0.3) is 0 Å². The van der Waals surface area contributed by atoms with Crippen molar-refractivity contribution in [3.05, 3.63) is 23.3 Å². The Kier molecular flexibility index (Phi) is 2.93. The molecule has 0 saturated heterocycles. The first-order chi connectivity index (χ1) is 6.07. The average molecular weight is 244 g/mol. The van der Waals surface area contributed by atoms with Crippen LogP contribution in [0.4, 0.5) is 5.69 Å². The maximum Gasteiger partial charge on any atom is 0.175 e. The number of halogens is 1. The maximum atomic E-state index is 11.4. The van der Waals surface area contributed by atoms with E-state index < -0.39 is 0 Å². The van der Waals surface area contributed by atoms with Gasteiger partial charge in [0.2, 0.25) is 0 Å². The number of nitrogens with two attached hydrogens (primary N) is 1. The van der Waals surface area contributed by atoms with E-state index in [1.807, 2.05) is 0 Å². The molecule has 0 amide bonds. The number of anilines is 1. The van der Waals surface area contributed by atoms with E-state index in [1.165, 1.54) is 6.07 Å². The summed E-state index contributed by atoms with van der Waals surface area (Å²) in [6.45, 7) is 1.78. The predicted octanol–water partition coefficient (Wildman–Crippen LogP) is 1.86. The molecular weight excluding hydrogens is 234 g/mol. The third-order valence-electron chi connectivity index (χ3n) is 1.83. The van der Waals surface area contributed by atoms with Gasteiger partial charge in [-0.3, -0.25) is 4.79 Å². The van der Waals surface area contributed by atoms with Crippen LogP contribution in [-0.2, 0) is 0 Å². The van der Waals surface area contributed by atoms with E-state index in [0.717, 1.165) is 5.56 Å². The van der Waals surface area contributed by atoms with E-state index in [4.69, 9.17) is 5.73 Å². The first-order valence-corrected chi connectivity index (χ1v) is 4.87. The molecule has 0 fully saturated rings. The lowest BCUT2D eigenvalue weighted by Crippen LogP contribution is -2.07. The number of ketones is 1. The molecule has 0 heterocycles. The molecule has 1 aromatic carbocycles. The van der Waals surface area contributed by atoms with E-state index >= 15 is 0 Å². The van der Waals surface area contributed by atoms with Gasteiger partial charge in [0, 0.05) is 5.56 Å². The molecule has 0 aliphatic rings. The molecule has 0 aliphatic heterocycles. The molecule has 0 unspecified atom stereocenters. The number of carbonyl (C=O) groups excluding carboxylic acids is 1. The van der Waals surface area contributed by atoms with Gasteiger partial charge in [0.1, 0.15) is 5.75 Å². The second-order valence-electron chi connectivity index (χ2n) is 2.75. The number of nitrogen functional groups attached to an aromatic ring is 1. The number of phenols is 1. The third kappa shape index (κ3) is 1.83. The Bertz CT molecular complexity index is 350. The van der Waals surface area contributed by atoms with Gasteiger partial charge < -0.3 is 10.8 Å². The lowest BCUT2D eigenvalue weighted by molar-refractivity contribution is 0.102. The molecule has 0 bridgehead atoms. The maximum absolute atomic E-state index is 11.4. The Labute approximate surface area is 84.7 Å². The first-order valence-electron chi connectivity index (χ1n) is 3.75. The largest absolute Gasteiger partial charge is 0.506 e. The Morgan fingerprint density at radius 1 is 1.62 bits per heavy atom. The number of Topliss-reactive ketones (excluding diaryl/α,β-unsaturated/α-hetero) is 1. The second-order valence-corrected chi connectivity index (χ2v) is 3.31. The van der Waals surface area contributed by atoms with Crippen molar-refractivity contribution in [2.45, 2.75) is 6.92 Å². The van der Waals surface area contributed by atoms with Crippen LogP contribution >= 0.6 is 15.9 Å². The summed E-state index contributed by atoms with van der Waals surface area (Å²) < 4.78 is 0. The minimum atomic E-state index is -0.120. The summed E-state index contributed by atoms with van der Waals surface area (Å²) in [7, 11) is 0. The van der Waals surface area contributed by atoms with Crippen molar-refractivity contribution in [1.82, 2.24) is 0 Å². The van der Waals surface area contributed by atoms with Gasteiger partial charge in [-0.05, 0) is 18.6 Å². The van der Waals surface area contributed by atoms with Crippen molar-refractivity contribution in [1.29, 1.82) is 0 Å². The highest BCUT2D eigenvalue weighted by Crippen LogP contribution is 2.27. The highest BCUT2D eigenvalue weighted by molar-refractivity contribution is 9.09. The van der Waals surface area contributed by atoms with E-state index in [1.54, 1.807) is 13.0 Å². The van der Waals surface area contributed by atoms with Crippen LogP contribution in [0.5, 0.6) is 5.75 Å². The van der Waals surface area contributed by atoms with Gasteiger partial charge >= 0.3 is 0 Å². The molecular formula is C9H10BrNO2. The minimum absolute atomic E-state index is 0.0464. The zero-order valence-corrected chi connectivity index (χ0v) is 8.76. The Morgan fingerprint density at radius 2 is 2.23 bits per heavy atom. The molecule has 1 aromatic rings. The summed E-state index contributed by atoms with van der Waals surface area (Å²) >= 11 is 3.06. The molecule has 70 valence electrons. The number of rotatable bonds is 2. The van der Waals surface area contributed by atoms with Gasteiger partial charge in [-0.25, -0.2) is 0 Å². The highest BCUT2D eigenvalue weighted by Gasteiger charge is 2.13. The number of hydrogen-bond acceptors (Lipinski definition) is 3. The van der Waals surface area contributed by atoms with Crippen LogP contribution in [0.3, 0.4) is 0 Å².